The van der Waals surface area contributed by atoms with Crippen molar-refractivity contribution < 1.29 is 13.9 Å². The van der Waals surface area contributed by atoms with E-state index in [1.54, 1.807) is 6.92 Å². The van der Waals surface area contributed by atoms with Gasteiger partial charge in [-0.15, -0.1) is 0 Å². The van der Waals surface area contributed by atoms with Crippen molar-refractivity contribution in [3.63, 3.8) is 0 Å². The normalized spacial score (nSPS) is 12.5. The lowest BCUT2D eigenvalue weighted by Crippen LogP contribution is -2.29. The van der Waals surface area contributed by atoms with Crippen molar-refractivity contribution >= 4 is 5.97 Å². The Balaban J connectivity index is 2.63. The minimum Gasteiger partial charge on any atom is -0.469 e. The zero-order valence-electron chi connectivity index (χ0n) is 11.6. The van der Waals surface area contributed by atoms with Crippen LogP contribution >= 0.6 is 0 Å². The van der Waals surface area contributed by atoms with Gasteiger partial charge in [0.2, 0.25) is 0 Å². The summed E-state index contributed by atoms with van der Waals surface area (Å²) in [6, 6.07) is 4.79. The van der Waals surface area contributed by atoms with E-state index in [0.717, 1.165) is 11.1 Å². The van der Waals surface area contributed by atoms with Crippen LogP contribution in [0, 0.1) is 11.7 Å². The topological polar surface area (TPSA) is 55.6 Å². The van der Waals surface area contributed by atoms with Gasteiger partial charge in [-0.3, -0.25) is 4.79 Å². The number of nitrogens with two attached hydrogens (primary N) is 1. The maximum atomic E-state index is 13.4. The molecule has 1 unspecified atom stereocenters. The fraction of sp³-hybridized carbons (Fsp3) is 0.500. The van der Waals surface area contributed by atoms with E-state index < -0.39 is 0 Å². The molecule has 0 spiro atoms. The number of hydrogen-bond donors (Lipinski definition) is 1. The average Bonchev–Trinajstić information content (AvgIpc) is 2.36. The van der Waals surface area contributed by atoms with Gasteiger partial charge in [0.05, 0.1) is 13.0 Å². The number of methoxy groups -OCH3 is 1. The van der Waals surface area contributed by atoms with Crippen molar-refractivity contribution in [2.24, 2.45) is 11.7 Å². The van der Waals surface area contributed by atoms with E-state index in [9.17, 15) is 9.18 Å². The number of benzene rings is 1. The first-order chi connectivity index (χ1) is 8.96. The van der Waals surface area contributed by atoms with E-state index in [0.29, 0.717) is 19.6 Å². The van der Waals surface area contributed by atoms with Crippen molar-refractivity contribution in [2.75, 3.05) is 20.7 Å². The van der Waals surface area contributed by atoms with Gasteiger partial charge in [0.15, 0.2) is 0 Å². The maximum Gasteiger partial charge on any atom is 0.309 e. The van der Waals surface area contributed by atoms with E-state index >= 15 is 0 Å². The van der Waals surface area contributed by atoms with Gasteiger partial charge in [-0.05, 0) is 30.3 Å². The number of rotatable bonds is 6. The predicted molar refractivity (Wildman–Crippen MR) is 71.8 cm³/mol. The maximum absolute atomic E-state index is 13.4. The van der Waals surface area contributed by atoms with Gasteiger partial charge in [-0.25, -0.2) is 4.39 Å². The molecule has 0 aromatic heterocycles. The second-order valence-electron chi connectivity index (χ2n) is 4.79. The molecule has 0 saturated carbocycles. The Bertz CT molecular complexity index is 437. The highest BCUT2D eigenvalue weighted by Gasteiger charge is 2.15. The Morgan fingerprint density at radius 1 is 1.42 bits per heavy atom. The van der Waals surface area contributed by atoms with Crippen LogP contribution in [-0.4, -0.2) is 31.6 Å². The van der Waals surface area contributed by atoms with E-state index in [2.05, 4.69) is 4.74 Å². The molecule has 106 valence electrons. The molecule has 19 heavy (non-hydrogen) atoms. The molecule has 1 aromatic carbocycles. The molecule has 0 saturated heterocycles. The molecule has 0 amide bonds. The molecule has 0 aliphatic heterocycles. The summed E-state index contributed by atoms with van der Waals surface area (Å²) in [4.78, 5) is 13.3. The van der Waals surface area contributed by atoms with Gasteiger partial charge in [-0.1, -0.05) is 13.0 Å². The van der Waals surface area contributed by atoms with Crippen molar-refractivity contribution in [1.29, 1.82) is 0 Å². The van der Waals surface area contributed by atoms with Crippen LogP contribution in [0.4, 0.5) is 4.39 Å². The number of carbonyl (C=O) groups excluding carboxylic acids is 1. The van der Waals surface area contributed by atoms with Crippen molar-refractivity contribution in [3.8, 4) is 0 Å². The van der Waals surface area contributed by atoms with Gasteiger partial charge in [0, 0.05) is 19.6 Å². The monoisotopic (exact) mass is 268 g/mol. The molecule has 1 rings (SSSR count). The molecule has 0 aliphatic carbocycles. The highest BCUT2D eigenvalue weighted by molar-refractivity contribution is 5.72. The van der Waals surface area contributed by atoms with Gasteiger partial charge in [-0.2, -0.15) is 0 Å². The summed E-state index contributed by atoms with van der Waals surface area (Å²) < 4.78 is 18.0. The van der Waals surface area contributed by atoms with E-state index in [1.807, 2.05) is 18.0 Å². The molecule has 0 heterocycles. The number of ether oxygens (including phenoxy) is 1. The summed E-state index contributed by atoms with van der Waals surface area (Å²) in [5.74, 6) is -0.737. The number of hydrogen-bond acceptors (Lipinski definition) is 4. The number of nitrogens with zero attached hydrogens (tertiary/aromatic N) is 1. The van der Waals surface area contributed by atoms with Crippen LogP contribution < -0.4 is 5.73 Å². The van der Waals surface area contributed by atoms with Gasteiger partial charge in [0.25, 0.3) is 0 Å². The summed E-state index contributed by atoms with van der Waals surface area (Å²) in [6.07, 6.45) is 0. The summed E-state index contributed by atoms with van der Waals surface area (Å²) in [7, 11) is 3.26. The van der Waals surface area contributed by atoms with E-state index in [1.165, 1.54) is 19.2 Å². The minimum atomic E-state index is -0.285. The molecule has 0 radical (unpaired) electrons. The van der Waals surface area contributed by atoms with Crippen LogP contribution in [0.2, 0.25) is 0 Å². The third-order valence-electron chi connectivity index (χ3n) is 2.89. The van der Waals surface area contributed by atoms with Crippen LogP contribution in [0.3, 0.4) is 0 Å². The van der Waals surface area contributed by atoms with Gasteiger partial charge in [0.1, 0.15) is 5.82 Å². The molecular formula is C14H21FN2O2. The number of esters is 1. The lowest BCUT2D eigenvalue weighted by Gasteiger charge is -2.20. The summed E-state index contributed by atoms with van der Waals surface area (Å²) in [5, 5.41) is 0. The highest BCUT2D eigenvalue weighted by atomic mass is 19.1. The lowest BCUT2D eigenvalue weighted by molar-refractivity contribution is -0.145. The largest absolute Gasteiger partial charge is 0.469 e. The molecule has 0 fully saturated rings. The van der Waals surface area contributed by atoms with Crippen molar-refractivity contribution in [1.82, 2.24) is 4.90 Å². The fourth-order valence-electron chi connectivity index (χ4n) is 2.05. The average molecular weight is 268 g/mol. The van der Waals surface area contributed by atoms with Crippen molar-refractivity contribution in [2.45, 2.75) is 20.0 Å². The predicted octanol–water partition coefficient (Wildman–Crippen LogP) is 1.53. The quantitative estimate of drug-likeness (QED) is 0.795. The second-order valence-corrected chi connectivity index (χ2v) is 4.79. The van der Waals surface area contributed by atoms with E-state index in [-0.39, 0.29) is 17.7 Å². The first kappa shape index (κ1) is 15.6. The number of carbonyl (C=O) groups is 1. The Kier molecular flexibility index (Phi) is 5.92. The van der Waals surface area contributed by atoms with Crippen LogP contribution in [0.15, 0.2) is 18.2 Å². The number of halogens is 1. The lowest BCUT2D eigenvalue weighted by atomic mass is 10.1. The molecule has 1 atom stereocenters. The molecule has 1 aromatic rings. The molecule has 4 nitrogen and oxygen atoms in total. The first-order valence-electron chi connectivity index (χ1n) is 6.21. The van der Waals surface area contributed by atoms with Crippen LogP contribution in [0.25, 0.3) is 0 Å². The molecule has 0 aliphatic rings. The Morgan fingerprint density at radius 2 is 2.05 bits per heavy atom. The zero-order chi connectivity index (χ0) is 14.4. The smallest absolute Gasteiger partial charge is 0.309 e. The van der Waals surface area contributed by atoms with Crippen molar-refractivity contribution in [3.05, 3.63) is 35.1 Å². The van der Waals surface area contributed by atoms with Crippen LogP contribution in [0.5, 0.6) is 0 Å². The molecule has 2 N–H and O–H groups in total. The SMILES string of the molecule is COC(=O)C(C)CN(C)Cc1cc(F)cc(CN)c1. The summed E-state index contributed by atoms with van der Waals surface area (Å²) in [6.45, 7) is 3.24. The highest BCUT2D eigenvalue weighted by Crippen LogP contribution is 2.12. The standard InChI is InChI=1S/C14H21FN2O2/c1-10(14(18)19-3)8-17(2)9-12-4-11(7-16)5-13(15)6-12/h4-6,10H,7-9,16H2,1-3H3. The first-order valence-corrected chi connectivity index (χ1v) is 6.21. The summed E-state index contributed by atoms with van der Waals surface area (Å²) >= 11 is 0. The third kappa shape index (κ3) is 4.96. The van der Waals surface area contributed by atoms with Gasteiger partial charge >= 0.3 is 5.97 Å². The second kappa shape index (κ2) is 7.21. The van der Waals surface area contributed by atoms with Gasteiger partial charge < -0.3 is 15.4 Å². The van der Waals surface area contributed by atoms with Crippen LogP contribution in [0.1, 0.15) is 18.1 Å². The molecule has 5 heteroatoms. The van der Waals surface area contributed by atoms with E-state index in [4.69, 9.17) is 5.73 Å². The molecular weight excluding hydrogens is 247 g/mol. The van der Waals surface area contributed by atoms with Crippen LogP contribution in [-0.2, 0) is 22.6 Å². The minimum absolute atomic E-state index is 0.211. The Hall–Kier alpha value is -1.46. The Morgan fingerprint density at radius 3 is 2.63 bits per heavy atom. The zero-order valence-corrected chi connectivity index (χ0v) is 11.6. The summed E-state index contributed by atoms with van der Waals surface area (Å²) in [5.41, 5.74) is 7.13. The Labute approximate surface area is 113 Å². The third-order valence-corrected chi connectivity index (χ3v) is 2.89. The molecule has 0 bridgehead atoms. The fourth-order valence-corrected chi connectivity index (χ4v) is 2.05.